The lowest BCUT2D eigenvalue weighted by atomic mass is 10.3. The highest BCUT2D eigenvalue weighted by molar-refractivity contribution is 5.47. The summed E-state index contributed by atoms with van der Waals surface area (Å²) in [5, 5.41) is 3.70. The molecule has 0 saturated carbocycles. The van der Waals surface area contributed by atoms with E-state index in [9.17, 15) is 4.39 Å². The number of halogens is 1. The lowest BCUT2D eigenvalue weighted by Gasteiger charge is -1.98. The smallest absolute Gasteiger partial charge is 0.183 e. The van der Waals surface area contributed by atoms with Crippen LogP contribution in [-0.4, -0.2) is 19.7 Å². The molecule has 66 valence electrons. The number of pyridine rings is 1. The summed E-state index contributed by atoms with van der Waals surface area (Å²) in [5.41, 5.74) is 0.623. The van der Waals surface area contributed by atoms with Gasteiger partial charge in [-0.3, -0.25) is 4.98 Å². The highest BCUT2D eigenvalue weighted by atomic mass is 19.1. The standard InChI is InChI=1S/C8H7FN4/c9-5-13-8(11-6-12-13)7-3-1-2-4-10-7/h1-4,6H,5H2. The summed E-state index contributed by atoms with van der Waals surface area (Å²) in [5.74, 6) is 0.447. The van der Waals surface area contributed by atoms with Crippen molar-refractivity contribution in [3.8, 4) is 11.5 Å². The topological polar surface area (TPSA) is 43.6 Å². The van der Waals surface area contributed by atoms with Gasteiger partial charge in [0.2, 0.25) is 0 Å². The van der Waals surface area contributed by atoms with Crippen molar-refractivity contribution in [2.24, 2.45) is 0 Å². The first-order valence-corrected chi connectivity index (χ1v) is 3.77. The van der Waals surface area contributed by atoms with Crippen LogP contribution in [0.5, 0.6) is 0 Å². The summed E-state index contributed by atoms with van der Waals surface area (Å²) in [6.07, 6.45) is 2.94. The summed E-state index contributed by atoms with van der Waals surface area (Å²) in [7, 11) is 0. The largest absolute Gasteiger partial charge is 0.253 e. The molecule has 2 rings (SSSR count). The van der Waals surface area contributed by atoms with Crippen molar-refractivity contribution >= 4 is 0 Å². The molecule has 0 spiro atoms. The molecular weight excluding hydrogens is 171 g/mol. The summed E-state index contributed by atoms with van der Waals surface area (Å²) in [6, 6.07) is 5.37. The molecule has 4 nitrogen and oxygen atoms in total. The average Bonchev–Trinajstić information content (AvgIpc) is 2.67. The van der Waals surface area contributed by atoms with E-state index in [2.05, 4.69) is 15.1 Å². The van der Waals surface area contributed by atoms with Gasteiger partial charge in [-0.2, -0.15) is 5.10 Å². The summed E-state index contributed by atoms with van der Waals surface area (Å²) in [4.78, 5) is 7.95. The zero-order chi connectivity index (χ0) is 9.10. The molecule has 0 saturated heterocycles. The third kappa shape index (κ3) is 1.40. The van der Waals surface area contributed by atoms with Crippen molar-refractivity contribution in [2.75, 3.05) is 0 Å². The highest BCUT2D eigenvalue weighted by Crippen LogP contribution is 2.11. The molecule has 0 aromatic carbocycles. The van der Waals surface area contributed by atoms with Crippen molar-refractivity contribution in [1.82, 2.24) is 19.7 Å². The van der Waals surface area contributed by atoms with E-state index in [1.54, 1.807) is 18.3 Å². The zero-order valence-corrected chi connectivity index (χ0v) is 6.76. The maximum absolute atomic E-state index is 12.3. The fourth-order valence-corrected chi connectivity index (χ4v) is 1.05. The van der Waals surface area contributed by atoms with Gasteiger partial charge in [-0.05, 0) is 12.1 Å². The molecule has 0 bridgehead atoms. The normalized spacial score (nSPS) is 10.2. The van der Waals surface area contributed by atoms with Gasteiger partial charge in [0.05, 0.1) is 0 Å². The Balaban J connectivity index is 2.47. The molecule has 0 aliphatic rings. The molecule has 0 atom stereocenters. The molecule has 0 fully saturated rings. The average molecular weight is 178 g/mol. The van der Waals surface area contributed by atoms with E-state index < -0.39 is 6.80 Å². The predicted octanol–water partition coefficient (Wildman–Crippen LogP) is 1.27. The van der Waals surface area contributed by atoms with Crippen molar-refractivity contribution < 1.29 is 4.39 Å². The van der Waals surface area contributed by atoms with Crippen LogP contribution in [-0.2, 0) is 6.80 Å². The van der Waals surface area contributed by atoms with Crippen LogP contribution < -0.4 is 0 Å². The molecule has 2 heterocycles. The van der Waals surface area contributed by atoms with Gasteiger partial charge in [-0.15, -0.1) is 0 Å². The minimum absolute atomic E-state index is 0.447. The summed E-state index contributed by atoms with van der Waals surface area (Å²) in [6.45, 7) is -0.689. The van der Waals surface area contributed by atoms with Crippen LogP contribution in [0.2, 0.25) is 0 Å². The Morgan fingerprint density at radius 3 is 2.92 bits per heavy atom. The molecule has 2 aromatic rings. The zero-order valence-electron chi connectivity index (χ0n) is 6.76. The van der Waals surface area contributed by atoms with Gasteiger partial charge in [-0.25, -0.2) is 14.1 Å². The van der Waals surface area contributed by atoms with Crippen LogP contribution in [0, 0.1) is 0 Å². The molecular formula is C8H7FN4. The molecule has 0 aliphatic heterocycles. The van der Waals surface area contributed by atoms with Crippen LogP contribution in [0.25, 0.3) is 11.5 Å². The second kappa shape index (κ2) is 3.30. The molecule has 2 aromatic heterocycles. The maximum Gasteiger partial charge on any atom is 0.183 e. The monoisotopic (exact) mass is 178 g/mol. The van der Waals surface area contributed by atoms with Gasteiger partial charge in [-0.1, -0.05) is 6.07 Å². The van der Waals surface area contributed by atoms with E-state index in [-0.39, 0.29) is 0 Å². The minimum atomic E-state index is -0.689. The van der Waals surface area contributed by atoms with Crippen molar-refractivity contribution in [3.63, 3.8) is 0 Å². The van der Waals surface area contributed by atoms with Gasteiger partial charge in [0.25, 0.3) is 0 Å². The van der Waals surface area contributed by atoms with Crippen molar-refractivity contribution in [3.05, 3.63) is 30.7 Å². The van der Waals surface area contributed by atoms with Crippen LogP contribution >= 0.6 is 0 Å². The SMILES string of the molecule is FCn1ncnc1-c1ccccn1. The summed E-state index contributed by atoms with van der Waals surface area (Å²) < 4.78 is 13.5. The number of hydrogen-bond acceptors (Lipinski definition) is 3. The third-order valence-corrected chi connectivity index (χ3v) is 1.62. The van der Waals surface area contributed by atoms with E-state index in [1.165, 1.54) is 6.33 Å². The minimum Gasteiger partial charge on any atom is -0.253 e. The van der Waals surface area contributed by atoms with E-state index >= 15 is 0 Å². The van der Waals surface area contributed by atoms with E-state index in [0.717, 1.165) is 4.68 Å². The van der Waals surface area contributed by atoms with Crippen LogP contribution in [0.15, 0.2) is 30.7 Å². The highest BCUT2D eigenvalue weighted by Gasteiger charge is 2.06. The molecule has 13 heavy (non-hydrogen) atoms. The van der Waals surface area contributed by atoms with Gasteiger partial charge >= 0.3 is 0 Å². The number of hydrogen-bond donors (Lipinski definition) is 0. The Kier molecular flexibility index (Phi) is 1.99. The van der Waals surface area contributed by atoms with Crippen molar-refractivity contribution in [2.45, 2.75) is 6.80 Å². The fraction of sp³-hybridized carbons (Fsp3) is 0.125. The third-order valence-electron chi connectivity index (χ3n) is 1.62. The van der Waals surface area contributed by atoms with Crippen molar-refractivity contribution in [1.29, 1.82) is 0 Å². The Morgan fingerprint density at radius 1 is 1.31 bits per heavy atom. The van der Waals surface area contributed by atoms with E-state index in [0.29, 0.717) is 11.5 Å². The number of alkyl halides is 1. The Hall–Kier alpha value is -1.78. The van der Waals surface area contributed by atoms with Crippen LogP contribution in [0.1, 0.15) is 0 Å². The van der Waals surface area contributed by atoms with Crippen LogP contribution in [0.3, 0.4) is 0 Å². The molecule has 5 heteroatoms. The molecule has 0 radical (unpaired) electrons. The number of aromatic nitrogens is 4. The Labute approximate surface area is 74.1 Å². The summed E-state index contributed by atoms with van der Waals surface area (Å²) >= 11 is 0. The second-order valence-electron chi connectivity index (χ2n) is 2.42. The van der Waals surface area contributed by atoms with Gasteiger partial charge in [0.15, 0.2) is 12.6 Å². The van der Waals surface area contributed by atoms with Crippen LogP contribution in [0.4, 0.5) is 4.39 Å². The van der Waals surface area contributed by atoms with E-state index in [4.69, 9.17) is 0 Å². The fourth-order valence-electron chi connectivity index (χ4n) is 1.05. The first-order chi connectivity index (χ1) is 6.42. The van der Waals surface area contributed by atoms with Gasteiger partial charge in [0.1, 0.15) is 12.0 Å². The maximum atomic E-state index is 12.3. The molecule has 0 unspecified atom stereocenters. The Bertz CT molecular complexity index is 384. The Morgan fingerprint density at radius 2 is 2.23 bits per heavy atom. The first-order valence-electron chi connectivity index (χ1n) is 3.77. The quantitative estimate of drug-likeness (QED) is 0.695. The lowest BCUT2D eigenvalue weighted by Crippen LogP contribution is -1.99. The second-order valence-corrected chi connectivity index (χ2v) is 2.42. The van der Waals surface area contributed by atoms with Gasteiger partial charge < -0.3 is 0 Å². The number of rotatable bonds is 2. The number of nitrogens with zero attached hydrogens (tertiary/aromatic N) is 4. The predicted molar refractivity (Wildman–Crippen MR) is 44.4 cm³/mol. The first kappa shape index (κ1) is 7.85. The molecule has 0 amide bonds. The molecule has 0 N–H and O–H groups in total. The molecule has 0 aliphatic carbocycles. The van der Waals surface area contributed by atoms with E-state index in [1.807, 2.05) is 6.07 Å². The van der Waals surface area contributed by atoms with Gasteiger partial charge in [0, 0.05) is 6.20 Å². The lowest BCUT2D eigenvalue weighted by molar-refractivity contribution is 0.352.